The van der Waals surface area contributed by atoms with Crippen molar-refractivity contribution in [1.82, 2.24) is 34.7 Å². The number of imidazole rings is 1. The second-order valence-corrected chi connectivity index (χ2v) is 7.05. The van der Waals surface area contributed by atoms with Gasteiger partial charge in [-0.15, -0.1) is 0 Å². The lowest BCUT2D eigenvalue weighted by molar-refractivity contribution is 0.272. The second kappa shape index (κ2) is 7.01. The summed E-state index contributed by atoms with van der Waals surface area (Å²) >= 11 is 0. The van der Waals surface area contributed by atoms with Crippen LogP contribution in [0.5, 0.6) is 6.01 Å². The summed E-state index contributed by atoms with van der Waals surface area (Å²) in [6.07, 6.45) is 2.39. The molecule has 0 saturated heterocycles. The molecule has 1 aromatic carbocycles. The molecule has 0 spiro atoms. The highest BCUT2D eigenvalue weighted by molar-refractivity contribution is 5.78. The van der Waals surface area contributed by atoms with E-state index < -0.39 is 0 Å². The number of fused-ring (bicyclic) bond motifs is 1. The van der Waals surface area contributed by atoms with Gasteiger partial charge in [-0.2, -0.15) is 4.98 Å². The van der Waals surface area contributed by atoms with Crippen LogP contribution in [0.2, 0.25) is 0 Å². The lowest BCUT2D eigenvalue weighted by atomic mass is 10.3. The quantitative estimate of drug-likeness (QED) is 0.520. The highest BCUT2D eigenvalue weighted by Gasteiger charge is 2.24. The fourth-order valence-corrected chi connectivity index (χ4v) is 3.17. The molecule has 1 saturated carbocycles. The Kier molecular flexibility index (Phi) is 4.19. The highest BCUT2D eigenvalue weighted by Crippen LogP contribution is 2.35. The molecule has 9 nitrogen and oxygen atoms in total. The summed E-state index contributed by atoms with van der Waals surface area (Å²) in [5.41, 5.74) is 3.47. The van der Waals surface area contributed by atoms with Crippen molar-refractivity contribution in [3.63, 3.8) is 0 Å². The molecular formula is C20H20N8O. The number of ether oxygens (including phenoxy) is 1. The van der Waals surface area contributed by atoms with Crippen molar-refractivity contribution in [2.24, 2.45) is 13.0 Å². The maximum atomic E-state index is 6.04. The van der Waals surface area contributed by atoms with Gasteiger partial charge in [0.15, 0.2) is 0 Å². The van der Waals surface area contributed by atoms with Crippen LogP contribution in [0.15, 0.2) is 54.7 Å². The minimum Gasteiger partial charge on any atom is -0.458 e. The third-order valence-electron chi connectivity index (χ3n) is 4.84. The molecular weight excluding hydrogens is 368 g/mol. The molecule has 1 aliphatic carbocycles. The van der Waals surface area contributed by atoms with E-state index in [0.29, 0.717) is 17.9 Å². The van der Waals surface area contributed by atoms with Gasteiger partial charge in [0.05, 0.1) is 16.7 Å². The minimum absolute atomic E-state index is 0.264. The van der Waals surface area contributed by atoms with Gasteiger partial charge in [-0.3, -0.25) is 0 Å². The molecule has 3 heterocycles. The van der Waals surface area contributed by atoms with E-state index in [1.165, 1.54) is 12.8 Å². The van der Waals surface area contributed by atoms with Crippen molar-refractivity contribution in [1.29, 1.82) is 0 Å². The fraction of sp³-hybridized carbons (Fsp3) is 0.250. The number of aromatic nitrogens is 7. The van der Waals surface area contributed by atoms with Crippen LogP contribution in [0.3, 0.4) is 0 Å². The van der Waals surface area contributed by atoms with E-state index in [-0.39, 0.29) is 6.61 Å². The zero-order chi connectivity index (χ0) is 19.8. The van der Waals surface area contributed by atoms with E-state index in [4.69, 9.17) is 4.74 Å². The largest absolute Gasteiger partial charge is 0.458 e. The third kappa shape index (κ3) is 3.42. The summed E-state index contributed by atoms with van der Waals surface area (Å²) in [5, 5.41) is 15.0. The first-order valence-corrected chi connectivity index (χ1v) is 9.44. The van der Waals surface area contributed by atoms with E-state index in [1.54, 1.807) is 16.3 Å². The Bertz CT molecular complexity index is 1190. The van der Waals surface area contributed by atoms with Crippen LogP contribution in [0.4, 0.5) is 5.82 Å². The monoisotopic (exact) mass is 388 g/mol. The van der Waals surface area contributed by atoms with Crippen LogP contribution in [-0.2, 0) is 13.7 Å². The standard InChI is InChI=1S/C20H20N8O/c1-13(14-10-11-14)21-18-9-5-6-15(22-18)12-29-20-23-16-7-3-4-8-17(16)28(20)19-24-25-26-27(19)2/h3-9,14H,1,10-12H2,2H3,(H,21,22). The molecule has 29 heavy (non-hydrogen) atoms. The summed E-state index contributed by atoms with van der Waals surface area (Å²) in [5.74, 6) is 1.86. The number of aryl methyl sites for hydroxylation is 1. The second-order valence-electron chi connectivity index (χ2n) is 7.05. The Labute approximate surface area is 167 Å². The first-order valence-electron chi connectivity index (χ1n) is 9.44. The van der Waals surface area contributed by atoms with Gasteiger partial charge < -0.3 is 10.1 Å². The molecule has 146 valence electrons. The number of tetrazole rings is 1. The summed E-state index contributed by atoms with van der Waals surface area (Å²) in [6, 6.07) is 14.0. The van der Waals surface area contributed by atoms with Gasteiger partial charge in [0.2, 0.25) is 0 Å². The summed E-state index contributed by atoms with van der Waals surface area (Å²) < 4.78 is 9.41. The lowest BCUT2D eigenvalue weighted by Gasteiger charge is -2.10. The maximum Gasteiger partial charge on any atom is 0.305 e. The Balaban J connectivity index is 1.41. The number of pyridine rings is 1. The SMILES string of the molecule is C=C(Nc1cccc(COc2nc3ccccc3n2-c2nnnn2C)n1)C1CC1. The molecule has 9 heteroatoms. The van der Waals surface area contributed by atoms with E-state index in [9.17, 15) is 0 Å². The average Bonchev–Trinajstić information content (AvgIpc) is 3.41. The number of benzene rings is 1. The third-order valence-corrected chi connectivity index (χ3v) is 4.84. The minimum atomic E-state index is 0.264. The molecule has 3 aromatic heterocycles. The number of nitrogens with zero attached hydrogens (tertiary/aromatic N) is 7. The molecule has 0 bridgehead atoms. The zero-order valence-electron chi connectivity index (χ0n) is 16.0. The summed E-state index contributed by atoms with van der Waals surface area (Å²) in [7, 11) is 1.78. The van der Waals surface area contributed by atoms with Crippen LogP contribution in [0.1, 0.15) is 18.5 Å². The van der Waals surface area contributed by atoms with E-state index in [2.05, 4.69) is 37.4 Å². The predicted octanol–water partition coefficient (Wildman–Crippen LogP) is 2.86. The number of anilines is 1. The van der Waals surface area contributed by atoms with Crippen molar-refractivity contribution in [3.8, 4) is 12.0 Å². The molecule has 0 amide bonds. The van der Waals surface area contributed by atoms with Crippen LogP contribution in [-0.4, -0.2) is 34.7 Å². The predicted molar refractivity (Wildman–Crippen MR) is 107 cm³/mol. The van der Waals surface area contributed by atoms with Gasteiger partial charge in [-0.25, -0.2) is 14.2 Å². The Morgan fingerprint density at radius 3 is 2.83 bits per heavy atom. The molecule has 1 fully saturated rings. The van der Waals surface area contributed by atoms with Crippen LogP contribution in [0, 0.1) is 5.92 Å². The first-order chi connectivity index (χ1) is 14.2. The van der Waals surface area contributed by atoms with Crippen molar-refractivity contribution in [2.45, 2.75) is 19.4 Å². The summed E-state index contributed by atoms with van der Waals surface area (Å²) in [6.45, 7) is 4.35. The van der Waals surface area contributed by atoms with E-state index >= 15 is 0 Å². The number of para-hydroxylation sites is 2. The molecule has 1 N–H and O–H groups in total. The molecule has 0 aliphatic heterocycles. The Morgan fingerprint density at radius 1 is 1.17 bits per heavy atom. The molecule has 5 rings (SSSR count). The average molecular weight is 388 g/mol. The number of nitrogens with one attached hydrogen (secondary N) is 1. The summed E-state index contributed by atoms with van der Waals surface area (Å²) in [4.78, 5) is 9.22. The smallest absolute Gasteiger partial charge is 0.305 e. The molecule has 0 unspecified atom stereocenters. The van der Waals surface area contributed by atoms with Crippen LogP contribution < -0.4 is 10.1 Å². The van der Waals surface area contributed by atoms with Crippen molar-refractivity contribution >= 4 is 16.9 Å². The maximum absolute atomic E-state index is 6.04. The Hall–Kier alpha value is -3.75. The van der Waals surface area contributed by atoms with Gasteiger partial charge >= 0.3 is 6.01 Å². The molecule has 1 aliphatic rings. The first kappa shape index (κ1) is 17.4. The molecule has 4 aromatic rings. The van der Waals surface area contributed by atoms with Gasteiger partial charge in [0.1, 0.15) is 12.4 Å². The topological polar surface area (TPSA) is 95.6 Å². The number of hydrogen-bond donors (Lipinski definition) is 1. The van der Waals surface area contributed by atoms with E-state index in [0.717, 1.165) is 28.2 Å². The zero-order valence-corrected chi connectivity index (χ0v) is 16.0. The van der Waals surface area contributed by atoms with Crippen molar-refractivity contribution in [2.75, 3.05) is 5.32 Å². The van der Waals surface area contributed by atoms with Crippen molar-refractivity contribution < 1.29 is 4.74 Å². The van der Waals surface area contributed by atoms with Crippen molar-refractivity contribution in [3.05, 3.63) is 60.4 Å². The number of allylic oxidation sites excluding steroid dienone is 1. The molecule has 0 radical (unpaired) electrons. The fourth-order valence-electron chi connectivity index (χ4n) is 3.17. The highest BCUT2D eigenvalue weighted by atomic mass is 16.5. The number of hydrogen-bond acceptors (Lipinski definition) is 7. The van der Waals surface area contributed by atoms with E-state index in [1.807, 2.05) is 42.5 Å². The van der Waals surface area contributed by atoms with Crippen LogP contribution >= 0.6 is 0 Å². The van der Waals surface area contributed by atoms with Gasteiger partial charge in [0.25, 0.3) is 5.95 Å². The van der Waals surface area contributed by atoms with Crippen LogP contribution in [0.25, 0.3) is 17.0 Å². The van der Waals surface area contributed by atoms with Gasteiger partial charge in [-0.05, 0) is 53.5 Å². The Morgan fingerprint density at radius 2 is 2.03 bits per heavy atom. The van der Waals surface area contributed by atoms with Gasteiger partial charge in [0, 0.05) is 12.7 Å². The lowest BCUT2D eigenvalue weighted by Crippen LogP contribution is -2.09. The number of rotatable bonds is 7. The molecule has 0 atom stereocenters. The van der Waals surface area contributed by atoms with Gasteiger partial charge in [-0.1, -0.05) is 29.9 Å². The normalized spacial score (nSPS) is 13.6.